The van der Waals surface area contributed by atoms with Gasteiger partial charge in [0.15, 0.2) is 11.7 Å². The number of hydrogen-bond acceptors (Lipinski definition) is 4. The van der Waals surface area contributed by atoms with Gasteiger partial charge in [0.2, 0.25) is 0 Å². The number of anilines is 1. The van der Waals surface area contributed by atoms with Crippen LogP contribution in [0.3, 0.4) is 0 Å². The Morgan fingerprint density at radius 2 is 1.93 bits per heavy atom. The fraction of sp³-hybridized carbons (Fsp3) is 0.429. The number of aliphatic imine (C=N–C) groups is 1. The fourth-order valence-electron chi connectivity index (χ4n) is 3.20. The van der Waals surface area contributed by atoms with E-state index in [2.05, 4.69) is 20.9 Å². The number of guanidine groups is 1. The van der Waals surface area contributed by atoms with Crippen LogP contribution in [0.5, 0.6) is 0 Å². The minimum Gasteiger partial charge on any atom is -0.459 e. The lowest BCUT2D eigenvalue weighted by Gasteiger charge is -2.27. The molecule has 7 heteroatoms. The van der Waals surface area contributed by atoms with Gasteiger partial charge in [-0.05, 0) is 62.4 Å². The summed E-state index contributed by atoms with van der Waals surface area (Å²) in [7, 11) is 0. The first-order valence-corrected chi connectivity index (χ1v) is 9.80. The van der Waals surface area contributed by atoms with Crippen LogP contribution in [0.4, 0.5) is 5.69 Å². The number of rotatable bonds is 6. The molecule has 1 aromatic heterocycles. The van der Waals surface area contributed by atoms with Crippen molar-refractivity contribution in [2.45, 2.75) is 51.3 Å². The van der Waals surface area contributed by atoms with Crippen LogP contribution < -0.4 is 16.0 Å². The summed E-state index contributed by atoms with van der Waals surface area (Å²) in [5.41, 5.74) is 1.76. The summed E-state index contributed by atoms with van der Waals surface area (Å²) in [5, 5.41) is 19.2. The van der Waals surface area contributed by atoms with Gasteiger partial charge in [-0.25, -0.2) is 4.99 Å². The van der Waals surface area contributed by atoms with Crippen LogP contribution in [0.1, 0.15) is 48.7 Å². The van der Waals surface area contributed by atoms with Gasteiger partial charge in [0.25, 0.3) is 5.91 Å². The van der Waals surface area contributed by atoms with E-state index in [9.17, 15) is 9.90 Å². The average molecular weight is 384 g/mol. The maximum Gasteiger partial charge on any atom is 0.291 e. The number of benzene rings is 1. The van der Waals surface area contributed by atoms with Crippen LogP contribution in [0.2, 0.25) is 0 Å². The molecule has 1 aliphatic rings. The third kappa shape index (κ3) is 5.85. The van der Waals surface area contributed by atoms with E-state index in [0.29, 0.717) is 18.3 Å². The molecule has 1 saturated carbocycles. The molecule has 0 saturated heterocycles. The second-order valence-corrected chi connectivity index (χ2v) is 6.97. The molecule has 0 spiro atoms. The highest BCUT2D eigenvalue weighted by Gasteiger charge is 2.19. The highest BCUT2D eigenvalue weighted by molar-refractivity contribution is 6.02. The molecule has 1 aromatic carbocycles. The number of nitrogens with one attached hydrogen (secondary N) is 3. The van der Waals surface area contributed by atoms with E-state index in [-0.39, 0.29) is 17.8 Å². The molecular formula is C21H28N4O3. The predicted octanol–water partition coefficient (Wildman–Crippen LogP) is 2.89. The van der Waals surface area contributed by atoms with Crippen molar-refractivity contribution >= 4 is 17.6 Å². The van der Waals surface area contributed by atoms with Crippen molar-refractivity contribution in [1.29, 1.82) is 0 Å². The third-order valence-electron chi connectivity index (χ3n) is 4.76. The topological polar surface area (TPSA) is 98.9 Å². The van der Waals surface area contributed by atoms with Crippen LogP contribution in [0.25, 0.3) is 0 Å². The van der Waals surface area contributed by atoms with Crippen LogP contribution in [-0.2, 0) is 6.54 Å². The van der Waals surface area contributed by atoms with Crippen LogP contribution in [0, 0.1) is 0 Å². The van der Waals surface area contributed by atoms with Crippen LogP contribution >= 0.6 is 0 Å². The molecular weight excluding hydrogens is 356 g/mol. The molecule has 0 bridgehead atoms. The Kier molecular flexibility index (Phi) is 7.08. The van der Waals surface area contributed by atoms with E-state index in [4.69, 9.17) is 4.42 Å². The SMILES string of the molecule is CCNC(=NCc1ccc(NC(=O)c2ccco2)cc1)NC1CCC(O)CC1. The zero-order valence-corrected chi connectivity index (χ0v) is 16.1. The summed E-state index contributed by atoms with van der Waals surface area (Å²) >= 11 is 0. The van der Waals surface area contributed by atoms with Gasteiger partial charge in [0, 0.05) is 18.3 Å². The monoisotopic (exact) mass is 384 g/mol. The van der Waals surface area contributed by atoms with Crippen LogP contribution in [-0.4, -0.2) is 35.7 Å². The van der Waals surface area contributed by atoms with Crippen molar-refractivity contribution in [3.05, 3.63) is 54.0 Å². The Morgan fingerprint density at radius 1 is 1.18 bits per heavy atom. The maximum atomic E-state index is 12.0. The lowest BCUT2D eigenvalue weighted by atomic mass is 9.93. The standard InChI is InChI=1S/C21H28N4O3/c1-2-22-21(25-17-9-11-18(26)12-10-17)23-14-15-5-7-16(8-6-15)24-20(27)19-4-3-13-28-19/h3-8,13,17-18,26H,2,9-12,14H2,1H3,(H,24,27)(H2,22,23,25). The molecule has 1 aliphatic carbocycles. The Bertz CT molecular complexity index is 763. The Morgan fingerprint density at radius 3 is 2.57 bits per heavy atom. The molecule has 0 unspecified atom stereocenters. The summed E-state index contributed by atoms with van der Waals surface area (Å²) in [6, 6.07) is 11.3. The summed E-state index contributed by atoms with van der Waals surface area (Å²) in [4.78, 5) is 16.7. The van der Waals surface area contributed by atoms with Gasteiger partial charge in [-0.1, -0.05) is 12.1 Å². The van der Waals surface area contributed by atoms with Crippen molar-refractivity contribution < 1.29 is 14.3 Å². The maximum absolute atomic E-state index is 12.0. The lowest BCUT2D eigenvalue weighted by Crippen LogP contribution is -2.45. The molecule has 1 heterocycles. The number of nitrogens with zero attached hydrogens (tertiary/aromatic N) is 1. The summed E-state index contributed by atoms with van der Waals surface area (Å²) in [6.07, 6.45) is 4.89. The van der Waals surface area contributed by atoms with E-state index < -0.39 is 0 Å². The van der Waals surface area contributed by atoms with E-state index in [1.807, 2.05) is 31.2 Å². The number of amides is 1. The molecule has 3 rings (SSSR count). The van der Waals surface area contributed by atoms with Gasteiger partial charge in [-0.15, -0.1) is 0 Å². The van der Waals surface area contributed by atoms with Gasteiger partial charge in [0.05, 0.1) is 18.9 Å². The highest BCUT2D eigenvalue weighted by Crippen LogP contribution is 2.18. The Balaban J connectivity index is 1.54. The van der Waals surface area contributed by atoms with Crippen molar-refractivity contribution in [3.8, 4) is 0 Å². The first-order valence-electron chi connectivity index (χ1n) is 9.80. The number of carbonyl (C=O) groups is 1. The molecule has 0 aliphatic heterocycles. The zero-order valence-electron chi connectivity index (χ0n) is 16.1. The number of furan rings is 1. The number of carbonyl (C=O) groups excluding carboxylic acids is 1. The van der Waals surface area contributed by atoms with Crippen molar-refractivity contribution in [3.63, 3.8) is 0 Å². The predicted molar refractivity (Wildman–Crippen MR) is 109 cm³/mol. The largest absolute Gasteiger partial charge is 0.459 e. The Hall–Kier alpha value is -2.80. The van der Waals surface area contributed by atoms with Gasteiger partial charge in [-0.3, -0.25) is 4.79 Å². The number of aliphatic hydroxyl groups is 1. The molecule has 4 N–H and O–H groups in total. The molecule has 1 amide bonds. The first-order chi connectivity index (χ1) is 13.6. The van der Waals surface area contributed by atoms with Gasteiger partial charge in [0.1, 0.15) is 0 Å². The number of hydrogen-bond donors (Lipinski definition) is 4. The number of aliphatic hydroxyl groups excluding tert-OH is 1. The summed E-state index contributed by atoms with van der Waals surface area (Å²) in [6.45, 7) is 3.37. The molecule has 0 radical (unpaired) electrons. The molecule has 28 heavy (non-hydrogen) atoms. The van der Waals surface area contributed by atoms with Gasteiger partial charge >= 0.3 is 0 Å². The summed E-state index contributed by atoms with van der Waals surface area (Å²) < 4.78 is 5.09. The Labute approximate surface area is 165 Å². The molecule has 2 aromatic rings. The minimum absolute atomic E-state index is 0.163. The van der Waals surface area contributed by atoms with E-state index in [1.165, 1.54) is 6.26 Å². The van der Waals surface area contributed by atoms with Crippen molar-refractivity contribution in [2.75, 3.05) is 11.9 Å². The molecule has 0 atom stereocenters. The minimum atomic E-state index is -0.271. The van der Waals surface area contributed by atoms with Gasteiger partial charge < -0.3 is 25.5 Å². The quantitative estimate of drug-likeness (QED) is 0.453. The normalized spacial score (nSPS) is 19.9. The highest BCUT2D eigenvalue weighted by atomic mass is 16.3. The fourth-order valence-corrected chi connectivity index (χ4v) is 3.20. The van der Waals surface area contributed by atoms with E-state index in [1.54, 1.807) is 12.1 Å². The molecule has 1 fully saturated rings. The third-order valence-corrected chi connectivity index (χ3v) is 4.76. The van der Waals surface area contributed by atoms with Gasteiger partial charge in [-0.2, -0.15) is 0 Å². The van der Waals surface area contributed by atoms with E-state index in [0.717, 1.165) is 43.8 Å². The van der Waals surface area contributed by atoms with E-state index >= 15 is 0 Å². The smallest absolute Gasteiger partial charge is 0.291 e. The molecule has 150 valence electrons. The average Bonchev–Trinajstić information content (AvgIpc) is 3.24. The zero-order chi connectivity index (χ0) is 19.8. The summed E-state index contributed by atoms with van der Waals surface area (Å²) in [5.74, 6) is 0.802. The molecule has 7 nitrogen and oxygen atoms in total. The first kappa shape index (κ1) is 19.9. The van der Waals surface area contributed by atoms with Crippen molar-refractivity contribution in [1.82, 2.24) is 10.6 Å². The second kappa shape index (κ2) is 9.94. The van der Waals surface area contributed by atoms with Crippen LogP contribution in [0.15, 0.2) is 52.1 Å². The second-order valence-electron chi connectivity index (χ2n) is 6.97. The lowest BCUT2D eigenvalue weighted by molar-refractivity contribution is 0.0996. The van der Waals surface area contributed by atoms with Crippen molar-refractivity contribution in [2.24, 2.45) is 4.99 Å².